The van der Waals surface area contributed by atoms with Gasteiger partial charge in [0, 0.05) is 5.30 Å². The molecular weight excluding hydrogens is 194 g/mol. The van der Waals surface area contributed by atoms with E-state index < -0.39 is 0 Å². The number of allylic oxidation sites excluding steroid dienone is 4. The fraction of sp³-hybridized carbons (Fsp3) is 0.167. The van der Waals surface area contributed by atoms with Crippen molar-refractivity contribution in [3.63, 3.8) is 0 Å². The van der Waals surface area contributed by atoms with Crippen LogP contribution in [0, 0.1) is 5.82 Å². The molecule has 1 atom stereocenters. The molecule has 1 aliphatic carbocycles. The molecule has 0 aromatic heterocycles. The Morgan fingerprint density at radius 2 is 2.07 bits per heavy atom. The van der Waals surface area contributed by atoms with Crippen molar-refractivity contribution < 1.29 is 4.39 Å². The molecule has 0 amide bonds. The molecule has 1 unspecified atom stereocenters. The van der Waals surface area contributed by atoms with Crippen molar-refractivity contribution in [2.24, 2.45) is 0 Å². The molecule has 0 fully saturated rings. The first kappa shape index (κ1) is 9.61. The summed E-state index contributed by atoms with van der Waals surface area (Å²) in [5.74, 6) is -0.0821. The highest BCUT2D eigenvalue weighted by Gasteiger charge is 2.04. The third-order valence-electron chi connectivity index (χ3n) is 2.18. The lowest BCUT2D eigenvalue weighted by Crippen LogP contribution is -2.00. The number of hydrogen-bond acceptors (Lipinski definition) is 0. The van der Waals surface area contributed by atoms with Crippen LogP contribution in [0.1, 0.15) is 12.8 Å². The molecule has 0 bridgehead atoms. The van der Waals surface area contributed by atoms with E-state index in [1.807, 2.05) is 12.1 Å². The fourth-order valence-electron chi connectivity index (χ4n) is 1.44. The molecule has 0 N–H and O–H groups in total. The van der Waals surface area contributed by atoms with E-state index in [1.54, 1.807) is 6.07 Å². The van der Waals surface area contributed by atoms with Gasteiger partial charge in [-0.15, -0.1) is 0 Å². The zero-order valence-electron chi connectivity index (χ0n) is 7.83. The second-order valence-corrected chi connectivity index (χ2v) is 4.69. The van der Waals surface area contributed by atoms with Crippen molar-refractivity contribution in [2.75, 3.05) is 0 Å². The monoisotopic (exact) mass is 206 g/mol. The van der Waals surface area contributed by atoms with E-state index in [4.69, 9.17) is 0 Å². The number of halogens is 1. The Morgan fingerprint density at radius 1 is 1.21 bits per heavy atom. The highest BCUT2D eigenvalue weighted by atomic mass is 31.1. The number of benzene rings is 1. The molecule has 1 aromatic rings. The largest absolute Gasteiger partial charge is 0.206 e. The minimum Gasteiger partial charge on any atom is -0.206 e. The summed E-state index contributed by atoms with van der Waals surface area (Å²) in [4.78, 5) is 0. The summed E-state index contributed by atoms with van der Waals surface area (Å²) in [6.07, 6.45) is 8.48. The predicted octanol–water partition coefficient (Wildman–Crippen LogP) is 3.36. The van der Waals surface area contributed by atoms with Crippen molar-refractivity contribution in [1.29, 1.82) is 0 Å². The van der Waals surface area contributed by atoms with E-state index in [0.717, 1.165) is 18.1 Å². The summed E-state index contributed by atoms with van der Waals surface area (Å²) in [6, 6.07) is 7.03. The maximum absolute atomic E-state index is 13.3. The van der Waals surface area contributed by atoms with Crippen LogP contribution in [0.2, 0.25) is 0 Å². The van der Waals surface area contributed by atoms with Crippen LogP contribution in [-0.4, -0.2) is 0 Å². The summed E-state index contributed by atoms with van der Waals surface area (Å²) >= 11 is 0. The first-order chi connectivity index (χ1) is 6.86. The summed E-state index contributed by atoms with van der Waals surface area (Å²) < 4.78 is 13.3. The van der Waals surface area contributed by atoms with E-state index in [2.05, 4.69) is 18.2 Å². The smallest absolute Gasteiger partial charge is 0.130 e. The van der Waals surface area contributed by atoms with Gasteiger partial charge in [-0.1, -0.05) is 45.0 Å². The van der Waals surface area contributed by atoms with Crippen molar-refractivity contribution in [2.45, 2.75) is 12.8 Å². The Labute approximate surface area is 85.3 Å². The lowest BCUT2D eigenvalue weighted by Gasteiger charge is -2.09. The lowest BCUT2D eigenvalue weighted by molar-refractivity contribution is 0.636. The van der Waals surface area contributed by atoms with Crippen molar-refractivity contribution >= 4 is 13.9 Å². The van der Waals surface area contributed by atoms with Gasteiger partial charge in [0.2, 0.25) is 0 Å². The Bertz CT molecular complexity index is 380. The molecule has 0 aliphatic heterocycles. The molecule has 0 nitrogen and oxygen atoms in total. The van der Waals surface area contributed by atoms with Gasteiger partial charge >= 0.3 is 0 Å². The van der Waals surface area contributed by atoms with Gasteiger partial charge in [-0.25, -0.2) is 4.39 Å². The first-order valence-corrected chi connectivity index (χ1v) is 5.73. The van der Waals surface area contributed by atoms with Crippen LogP contribution in [-0.2, 0) is 0 Å². The zero-order valence-corrected chi connectivity index (χ0v) is 8.83. The normalized spacial score (nSPS) is 16.2. The molecule has 2 heteroatoms. The predicted molar refractivity (Wildman–Crippen MR) is 60.8 cm³/mol. The summed E-state index contributed by atoms with van der Waals surface area (Å²) in [7, 11) is 0.487. The standard InChI is InChI=1S/C12H12FP/c13-11-8-4-5-9-12(11)14-10-6-2-1-3-7-10/h1-2,4-6,8-9,14H,3,7H2. The SMILES string of the molecule is Fc1ccccc1PC1=CC=CCC1. The molecule has 0 saturated heterocycles. The average molecular weight is 206 g/mol. The van der Waals surface area contributed by atoms with Crippen LogP contribution in [0.4, 0.5) is 4.39 Å². The van der Waals surface area contributed by atoms with Crippen LogP contribution in [0.25, 0.3) is 0 Å². The molecule has 0 heterocycles. The van der Waals surface area contributed by atoms with Crippen molar-refractivity contribution in [1.82, 2.24) is 0 Å². The summed E-state index contributed by atoms with van der Waals surface area (Å²) in [5, 5.41) is 2.17. The third kappa shape index (κ3) is 2.30. The highest BCUT2D eigenvalue weighted by molar-refractivity contribution is 7.51. The molecule has 0 radical (unpaired) electrons. The maximum atomic E-state index is 13.3. The van der Waals surface area contributed by atoms with E-state index in [1.165, 1.54) is 11.4 Å². The molecule has 0 spiro atoms. The van der Waals surface area contributed by atoms with Gasteiger partial charge in [0.25, 0.3) is 0 Å². The molecule has 72 valence electrons. The second-order valence-electron chi connectivity index (χ2n) is 3.26. The first-order valence-electron chi connectivity index (χ1n) is 4.73. The van der Waals surface area contributed by atoms with Gasteiger partial charge in [-0.3, -0.25) is 0 Å². The van der Waals surface area contributed by atoms with Crippen LogP contribution >= 0.6 is 8.58 Å². The quantitative estimate of drug-likeness (QED) is 0.651. The second kappa shape index (κ2) is 4.52. The Hall–Kier alpha value is -0.940. The topological polar surface area (TPSA) is 0 Å². The molecule has 1 aliphatic rings. The van der Waals surface area contributed by atoms with Crippen LogP contribution in [0.15, 0.2) is 47.8 Å². The number of rotatable bonds is 2. The van der Waals surface area contributed by atoms with Gasteiger partial charge in [-0.2, -0.15) is 0 Å². The van der Waals surface area contributed by atoms with Gasteiger partial charge in [0.1, 0.15) is 5.82 Å². The minimum atomic E-state index is -0.0821. The molecule has 2 rings (SSSR count). The van der Waals surface area contributed by atoms with Crippen molar-refractivity contribution in [3.8, 4) is 0 Å². The molecule has 1 aromatic carbocycles. The van der Waals surface area contributed by atoms with Gasteiger partial charge in [0.15, 0.2) is 0 Å². The van der Waals surface area contributed by atoms with Gasteiger partial charge in [-0.05, 0) is 24.2 Å². The van der Waals surface area contributed by atoms with Crippen LogP contribution < -0.4 is 5.30 Å². The third-order valence-corrected chi connectivity index (χ3v) is 3.60. The van der Waals surface area contributed by atoms with Crippen molar-refractivity contribution in [3.05, 3.63) is 53.6 Å². The minimum absolute atomic E-state index is 0.0821. The average Bonchev–Trinajstić information content (AvgIpc) is 2.23. The molecule has 0 saturated carbocycles. The Balaban J connectivity index is 2.14. The Morgan fingerprint density at radius 3 is 2.79 bits per heavy atom. The number of hydrogen-bond donors (Lipinski definition) is 0. The van der Waals surface area contributed by atoms with E-state index in [0.29, 0.717) is 8.58 Å². The fourth-order valence-corrected chi connectivity index (χ4v) is 2.62. The molecular formula is C12H12FP. The van der Waals surface area contributed by atoms with Crippen LogP contribution in [0.5, 0.6) is 0 Å². The Kier molecular flexibility index (Phi) is 3.10. The zero-order chi connectivity index (χ0) is 9.80. The summed E-state index contributed by atoms with van der Waals surface area (Å²) in [6.45, 7) is 0. The molecule has 14 heavy (non-hydrogen) atoms. The summed E-state index contributed by atoms with van der Waals surface area (Å²) in [5.41, 5.74) is 0. The maximum Gasteiger partial charge on any atom is 0.130 e. The van der Waals surface area contributed by atoms with Gasteiger partial charge in [0.05, 0.1) is 0 Å². The van der Waals surface area contributed by atoms with E-state index in [9.17, 15) is 4.39 Å². The van der Waals surface area contributed by atoms with E-state index in [-0.39, 0.29) is 5.82 Å². The van der Waals surface area contributed by atoms with E-state index >= 15 is 0 Å². The lowest BCUT2D eigenvalue weighted by atomic mass is 10.2. The van der Waals surface area contributed by atoms with Gasteiger partial charge < -0.3 is 0 Å². The highest BCUT2D eigenvalue weighted by Crippen LogP contribution is 2.30. The van der Waals surface area contributed by atoms with Crippen LogP contribution in [0.3, 0.4) is 0 Å².